The summed E-state index contributed by atoms with van der Waals surface area (Å²) >= 11 is 0. The largest absolute Gasteiger partial charge is 0.489 e. The molecule has 0 spiro atoms. The van der Waals surface area contributed by atoms with Gasteiger partial charge in [0.15, 0.2) is 0 Å². The standard InChI is InChI=1S/C16H18N2O3/c1-2-15(17)12-7-9-14(10-8-12)21-11-13-5-3-4-6-16(13)18(19)20/h3-10,15H,2,11,17H2,1H3. The molecule has 0 bridgehead atoms. The normalized spacial score (nSPS) is 11.9. The summed E-state index contributed by atoms with van der Waals surface area (Å²) in [7, 11) is 0. The van der Waals surface area contributed by atoms with Crippen LogP contribution in [-0.4, -0.2) is 4.92 Å². The van der Waals surface area contributed by atoms with Gasteiger partial charge >= 0.3 is 0 Å². The fourth-order valence-corrected chi connectivity index (χ4v) is 2.02. The first-order valence-corrected chi connectivity index (χ1v) is 6.82. The Bertz CT molecular complexity index is 611. The van der Waals surface area contributed by atoms with Gasteiger partial charge in [-0.05, 0) is 30.2 Å². The lowest BCUT2D eigenvalue weighted by Crippen LogP contribution is -2.08. The van der Waals surface area contributed by atoms with Gasteiger partial charge in [0.05, 0.1) is 10.5 Å². The van der Waals surface area contributed by atoms with Gasteiger partial charge in [0.1, 0.15) is 12.4 Å². The van der Waals surface area contributed by atoms with Crippen LogP contribution >= 0.6 is 0 Å². The molecule has 21 heavy (non-hydrogen) atoms. The number of nitrogens with two attached hydrogens (primary N) is 1. The summed E-state index contributed by atoms with van der Waals surface area (Å²) in [4.78, 5) is 10.5. The molecule has 0 aliphatic rings. The Kier molecular flexibility index (Phi) is 4.90. The molecule has 0 aliphatic carbocycles. The third kappa shape index (κ3) is 3.79. The summed E-state index contributed by atoms with van der Waals surface area (Å²) in [5.41, 5.74) is 7.62. The smallest absolute Gasteiger partial charge is 0.276 e. The average molecular weight is 286 g/mol. The van der Waals surface area contributed by atoms with Crippen LogP contribution in [0, 0.1) is 10.1 Å². The van der Waals surface area contributed by atoms with E-state index in [0.717, 1.165) is 12.0 Å². The monoisotopic (exact) mass is 286 g/mol. The molecule has 0 radical (unpaired) electrons. The van der Waals surface area contributed by atoms with Crippen LogP contribution in [0.4, 0.5) is 5.69 Å². The van der Waals surface area contributed by atoms with E-state index in [-0.39, 0.29) is 18.3 Å². The van der Waals surface area contributed by atoms with Crippen molar-refractivity contribution in [2.75, 3.05) is 0 Å². The quantitative estimate of drug-likeness (QED) is 0.650. The molecule has 0 aromatic heterocycles. The maximum atomic E-state index is 10.9. The third-order valence-corrected chi connectivity index (χ3v) is 3.33. The minimum Gasteiger partial charge on any atom is -0.489 e. The number of para-hydroxylation sites is 1. The lowest BCUT2D eigenvalue weighted by Gasteiger charge is -2.11. The number of nitro benzene ring substituents is 1. The Morgan fingerprint density at radius 1 is 1.19 bits per heavy atom. The highest BCUT2D eigenvalue weighted by atomic mass is 16.6. The Balaban J connectivity index is 2.05. The van der Waals surface area contributed by atoms with E-state index in [9.17, 15) is 10.1 Å². The zero-order chi connectivity index (χ0) is 15.2. The van der Waals surface area contributed by atoms with Crippen LogP contribution in [0.2, 0.25) is 0 Å². The van der Waals surface area contributed by atoms with Crippen LogP contribution in [0.25, 0.3) is 0 Å². The molecular formula is C16H18N2O3. The Morgan fingerprint density at radius 2 is 1.86 bits per heavy atom. The minimum absolute atomic E-state index is 0.0225. The molecule has 0 fully saturated rings. The van der Waals surface area contributed by atoms with Crippen molar-refractivity contribution in [1.82, 2.24) is 0 Å². The molecule has 1 unspecified atom stereocenters. The van der Waals surface area contributed by atoms with Gasteiger partial charge in [0.25, 0.3) is 5.69 Å². The molecule has 2 rings (SSSR count). The first-order chi connectivity index (χ1) is 10.1. The zero-order valence-electron chi connectivity index (χ0n) is 11.9. The van der Waals surface area contributed by atoms with Crippen LogP contribution in [0.15, 0.2) is 48.5 Å². The van der Waals surface area contributed by atoms with Gasteiger partial charge in [-0.1, -0.05) is 31.2 Å². The number of hydrogen-bond acceptors (Lipinski definition) is 4. The van der Waals surface area contributed by atoms with E-state index in [1.54, 1.807) is 18.2 Å². The van der Waals surface area contributed by atoms with Crippen molar-refractivity contribution in [2.24, 2.45) is 5.73 Å². The molecule has 2 aromatic rings. The van der Waals surface area contributed by atoms with Crippen LogP contribution in [0.3, 0.4) is 0 Å². The fraction of sp³-hybridized carbons (Fsp3) is 0.250. The van der Waals surface area contributed by atoms with Crippen molar-refractivity contribution in [2.45, 2.75) is 26.0 Å². The summed E-state index contributed by atoms with van der Waals surface area (Å²) in [6.45, 7) is 2.19. The van der Waals surface area contributed by atoms with Crippen molar-refractivity contribution in [1.29, 1.82) is 0 Å². The molecular weight excluding hydrogens is 268 g/mol. The Labute approximate surface area is 123 Å². The minimum atomic E-state index is -0.401. The SMILES string of the molecule is CCC(N)c1ccc(OCc2ccccc2[N+](=O)[O-])cc1. The van der Waals surface area contributed by atoms with Crippen molar-refractivity contribution >= 4 is 5.69 Å². The second kappa shape index (κ2) is 6.85. The number of hydrogen-bond donors (Lipinski definition) is 1. The molecule has 5 heteroatoms. The Hall–Kier alpha value is -2.40. The third-order valence-electron chi connectivity index (χ3n) is 3.33. The molecule has 5 nitrogen and oxygen atoms in total. The fourth-order valence-electron chi connectivity index (χ4n) is 2.02. The molecule has 1 atom stereocenters. The molecule has 0 saturated heterocycles. The second-order valence-corrected chi connectivity index (χ2v) is 4.76. The topological polar surface area (TPSA) is 78.4 Å². The van der Waals surface area contributed by atoms with Gasteiger partial charge in [-0.2, -0.15) is 0 Å². The van der Waals surface area contributed by atoms with Gasteiger partial charge in [0.2, 0.25) is 0 Å². The lowest BCUT2D eigenvalue weighted by atomic mass is 10.1. The predicted molar refractivity (Wildman–Crippen MR) is 81.1 cm³/mol. The second-order valence-electron chi connectivity index (χ2n) is 4.76. The first kappa shape index (κ1) is 15.0. The van der Waals surface area contributed by atoms with Gasteiger partial charge in [0, 0.05) is 12.1 Å². The van der Waals surface area contributed by atoms with Gasteiger partial charge < -0.3 is 10.5 Å². The summed E-state index contributed by atoms with van der Waals surface area (Å²) in [6.07, 6.45) is 0.871. The van der Waals surface area contributed by atoms with Crippen molar-refractivity contribution in [3.8, 4) is 5.75 Å². The van der Waals surface area contributed by atoms with E-state index in [4.69, 9.17) is 10.5 Å². The molecule has 2 aromatic carbocycles. The molecule has 110 valence electrons. The number of rotatable bonds is 6. The Morgan fingerprint density at radius 3 is 2.48 bits per heavy atom. The van der Waals surface area contributed by atoms with Gasteiger partial charge in [-0.15, -0.1) is 0 Å². The van der Waals surface area contributed by atoms with E-state index >= 15 is 0 Å². The number of ether oxygens (including phenoxy) is 1. The lowest BCUT2D eigenvalue weighted by molar-refractivity contribution is -0.385. The first-order valence-electron chi connectivity index (χ1n) is 6.82. The highest BCUT2D eigenvalue weighted by Gasteiger charge is 2.12. The van der Waals surface area contributed by atoms with E-state index < -0.39 is 4.92 Å². The molecule has 0 aliphatic heterocycles. The number of nitro groups is 1. The molecule has 0 saturated carbocycles. The highest BCUT2D eigenvalue weighted by Crippen LogP contribution is 2.22. The van der Waals surface area contributed by atoms with Crippen molar-refractivity contribution in [3.05, 3.63) is 69.8 Å². The summed E-state index contributed by atoms with van der Waals surface area (Å²) in [5.74, 6) is 0.667. The van der Waals surface area contributed by atoms with Crippen LogP contribution < -0.4 is 10.5 Å². The predicted octanol–water partition coefficient (Wildman–Crippen LogP) is 3.58. The summed E-state index contributed by atoms with van der Waals surface area (Å²) in [6, 6.07) is 14.1. The molecule has 0 heterocycles. The average Bonchev–Trinajstić information content (AvgIpc) is 2.52. The summed E-state index contributed by atoms with van der Waals surface area (Å²) in [5, 5.41) is 10.9. The van der Waals surface area contributed by atoms with E-state index in [1.165, 1.54) is 6.07 Å². The maximum Gasteiger partial charge on any atom is 0.276 e. The van der Waals surface area contributed by atoms with E-state index in [1.807, 2.05) is 31.2 Å². The number of nitrogens with zero attached hydrogens (tertiary/aromatic N) is 1. The van der Waals surface area contributed by atoms with E-state index in [2.05, 4.69) is 0 Å². The zero-order valence-corrected chi connectivity index (χ0v) is 11.9. The van der Waals surface area contributed by atoms with Crippen molar-refractivity contribution in [3.63, 3.8) is 0 Å². The maximum absolute atomic E-state index is 10.9. The van der Waals surface area contributed by atoms with Gasteiger partial charge in [-0.3, -0.25) is 10.1 Å². The summed E-state index contributed by atoms with van der Waals surface area (Å²) < 4.78 is 5.61. The molecule has 0 amide bonds. The van der Waals surface area contributed by atoms with Crippen LogP contribution in [0.1, 0.15) is 30.5 Å². The highest BCUT2D eigenvalue weighted by molar-refractivity contribution is 5.39. The molecule has 2 N–H and O–H groups in total. The van der Waals surface area contributed by atoms with Gasteiger partial charge in [-0.25, -0.2) is 0 Å². The van der Waals surface area contributed by atoms with E-state index in [0.29, 0.717) is 11.3 Å². The van der Waals surface area contributed by atoms with Crippen LogP contribution in [0.5, 0.6) is 5.75 Å². The van der Waals surface area contributed by atoms with Crippen molar-refractivity contribution < 1.29 is 9.66 Å². The van der Waals surface area contributed by atoms with Crippen LogP contribution in [-0.2, 0) is 6.61 Å². The number of benzene rings is 2.